The molecule has 33 heavy (non-hydrogen) atoms. The Morgan fingerprint density at radius 2 is 1.82 bits per heavy atom. The van der Waals surface area contributed by atoms with Crippen molar-refractivity contribution in [1.29, 1.82) is 0 Å². The van der Waals surface area contributed by atoms with Gasteiger partial charge in [-0.05, 0) is 33.8 Å². The van der Waals surface area contributed by atoms with Crippen molar-refractivity contribution < 1.29 is 22.9 Å². The fourth-order valence-corrected chi connectivity index (χ4v) is 5.62. The third-order valence-corrected chi connectivity index (χ3v) is 7.72. The zero-order valence-electron chi connectivity index (χ0n) is 19.0. The van der Waals surface area contributed by atoms with Crippen molar-refractivity contribution in [2.45, 2.75) is 45.1 Å². The van der Waals surface area contributed by atoms with E-state index in [4.69, 9.17) is 0 Å². The molecule has 0 N–H and O–H groups in total. The van der Waals surface area contributed by atoms with Gasteiger partial charge in [0.25, 0.3) is 5.69 Å². The van der Waals surface area contributed by atoms with Crippen LogP contribution in [0, 0.1) is 24.0 Å². The number of Topliss-reactive ketones (excluding diaryl/α,β-unsaturated/α-hetero) is 1. The smallest absolute Gasteiger partial charge is 0.270 e. The predicted molar refractivity (Wildman–Crippen MR) is 119 cm³/mol. The molecule has 1 atom stereocenters. The van der Waals surface area contributed by atoms with Crippen LogP contribution in [0.25, 0.3) is 0 Å². The van der Waals surface area contributed by atoms with Gasteiger partial charge < -0.3 is 4.90 Å². The van der Waals surface area contributed by atoms with Gasteiger partial charge in [0.1, 0.15) is 0 Å². The van der Waals surface area contributed by atoms with Crippen LogP contribution < -0.4 is 0 Å². The van der Waals surface area contributed by atoms with E-state index in [0.29, 0.717) is 17.0 Å². The molecule has 0 saturated carbocycles. The van der Waals surface area contributed by atoms with Gasteiger partial charge in [0.15, 0.2) is 5.78 Å². The number of sulfonamides is 1. The maximum atomic E-state index is 12.9. The molecule has 3 rings (SSSR count). The molecule has 0 bridgehead atoms. The summed E-state index contributed by atoms with van der Waals surface area (Å²) in [7, 11) is -3.90. The van der Waals surface area contributed by atoms with Crippen molar-refractivity contribution in [1.82, 2.24) is 19.0 Å². The molecule has 0 aliphatic carbocycles. The summed E-state index contributed by atoms with van der Waals surface area (Å²) in [6, 6.07) is 4.67. The average molecular weight is 478 g/mol. The van der Waals surface area contributed by atoms with E-state index >= 15 is 0 Å². The first-order valence-corrected chi connectivity index (χ1v) is 12.0. The van der Waals surface area contributed by atoms with E-state index in [1.165, 1.54) is 29.4 Å². The molecule has 0 unspecified atom stereocenters. The number of rotatable bonds is 7. The number of piperazine rings is 1. The molecular weight excluding hydrogens is 450 g/mol. The molecule has 0 radical (unpaired) electrons. The number of carbonyl (C=O) groups is 2. The number of nitro groups is 1. The van der Waals surface area contributed by atoms with Crippen LogP contribution in [0.2, 0.25) is 0 Å². The largest absolute Gasteiger partial charge is 0.340 e. The molecule has 2 aromatic rings. The highest BCUT2D eigenvalue weighted by molar-refractivity contribution is 7.89. The summed E-state index contributed by atoms with van der Waals surface area (Å²) in [5, 5.41) is 15.4. The second kappa shape index (κ2) is 9.40. The maximum Gasteiger partial charge on any atom is 0.270 e. The quantitative estimate of drug-likeness (QED) is 0.338. The zero-order valence-corrected chi connectivity index (χ0v) is 19.8. The molecule has 1 fully saturated rings. The van der Waals surface area contributed by atoms with Crippen LogP contribution in [0.4, 0.5) is 5.69 Å². The van der Waals surface area contributed by atoms with Gasteiger partial charge in [-0.1, -0.05) is 6.07 Å². The Balaban J connectivity index is 1.64. The molecule has 1 aromatic heterocycles. The van der Waals surface area contributed by atoms with Crippen molar-refractivity contribution >= 4 is 27.4 Å². The minimum Gasteiger partial charge on any atom is -0.340 e. The van der Waals surface area contributed by atoms with Gasteiger partial charge in [0.2, 0.25) is 15.9 Å². The molecule has 178 valence electrons. The van der Waals surface area contributed by atoms with Crippen molar-refractivity contribution in [3.05, 3.63) is 51.3 Å². The Morgan fingerprint density at radius 1 is 1.18 bits per heavy atom. The number of nitrogens with zero attached hydrogens (tertiary/aromatic N) is 5. The second-order valence-electron chi connectivity index (χ2n) is 8.14. The number of ketones is 1. The molecule has 1 amide bonds. The lowest BCUT2D eigenvalue weighted by atomic mass is 10.1. The summed E-state index contributed by atoms with van der Waals surface area (Å²) in [6.07, 6.45) is 0.164. The average Bonchev–Trinajstić information content (AvgIpc) is 3.08. The number of aryl methyl sites for hydroxylation is 1. The van der Waals surface area contributed by atoms with Gasteiger partial charge in [-0.15, -0.1) is 0 Å². The van der Waals surface area contributed by atoms with E-state index < -0.39 is 14.9 Å². The number of non-ortho nitro benzene ring substituents is 1. The van der Waals surface area contributed by atoms with Gasteiger partial charge in [-0.3, -0.25) is 24.4 Å². The number of hydrogen-bond donors (Lipinski definition) is 0. The monoisotopic (exact) mass is 477 g/mol. The van der Waals surface area contributed by atoms with Crippen molar-refractivity contribution in [2.24, 2.45) is 0 Å². The Bertz CT molecular complexity index is 1200. The third kappa shape index (κ3) is 4.96. The molecule has 0 spiro atoms. The Hall–Kier alpha value is -3.12. The van der Waals surface area contributed by atoms with Gasteiger partial charge in [0.05, 0.1) is 27.1 Å². The number of amides is 1. The van der Waals surface area contributed by atoms with Crippen LogP contribution >= 0.6 is 0 Å². The first-order valence-electron chi connectivity index (χ1n) is 10.5. The molecular formula is C21H27N5O6S. The van der Waals surface area contributed by atoms with E-state index in [-0.39, 0.29) is 60.9 Å². The Labute approximate surface area is 192 Å². The normalized spacial score (nSPS) is 15.9. The van der Waals surface area contributed by atoms with E-state index in [1.54, 1.807) is 23.4 Å². The molecule has 1 saturated heterocycles. The first kappa shape index (κ1) is 24.5. The fourth-order valence-electron chi connectivity index (χ4n) is 4.15. The summed E-state index contributed by atoms with van der Waals surface area (Å²) < 4.78 is 28.7. The van der Waals surface area contributed by atoms with Crippen LogP contribution in [-0.2, 0) is 14.8 Å². The van der Waals surface area contributed by atoms with Crippen molar-refractivity contribution in [3.8, 4) is 0 Å². The molecule has 1 aromatic carbocycles. The number of carbonyl (C=O) groups excluding carboxylic acids is 2. The van der Waals surface area contributed by atoms with Gasteiger partial charge in [-0.2, -0.15) is 9.40 Å². The van der Waals surface area contributed by atoms with Crippen LogP contribution in [-0.4, -0.2) is 70.2 Å². The van der Waals surface area contributed by atoms with Crippen LogP contribution in [0.1, 0.15) is 48.1 Å². The SMILES string of the molecule is CC(=O)c1c(C)nn([C@@H](C)CC(=O)N2CCN(S(=O)(=O)c3cccc([N+](=O)[O-])c3)CC2)c1C. The highest BCUT2D eigenvalue weighted by atomic mass is 32.2. The third-order valence-electron chi connectivity index (χ3n) is 5.82. The van der Waals surface area contributed by atoms with Crippen molar-refractivity contribution in [2.75, 3.05) is 26.2 Å². The Morgan fingerprint density at radius 3 is 2.36 bits per heavy atom. The standard InChI is InChI=1S/C21H27N5O6S/c1-14(25-16(3)21(17(4)27)15(2)22-25)12-20(28)23-8-10-24(11-9-23)33(31,32)19-7-5-6-18(13-19)26(29)30/h5-7,13-14H,8-12H2,1-4H3/t14-/m0/s1. The highest BCUT2D eigenvalue weighted by Crippen LogP contribution is 2.24. The lowest BCUT2D eigenvalue weighted by Crippen LogP contribution is -2.50. The summed E-state index contributed by atoms with van der Waals surface area (Å²) in [5.74, 6) is -0.206. The van der Waals surface area contributed by atoms with Gasteiger partial charge in [-0.25, -0.2) is 8.42 Å². The number of aromatic nitrogens is 2. The number of hydrogen-bond acceptors (Lipinski definition) is 7. The predicted octanol–water partition coefficient (Wildman–Crippen LogP) is 2.09. The molecule has 11 nitrogen and oxygen atoms in total. The number of benzene rings is 1. The zero-order chi connectivity index (χ0) is 24.5. The number of nitro benzene ring substituents is 1. The highest BCUT2D eigenvalue weighted by Gasteiger charge is 2.31. The van der Waals surface area contributed by atoms with E-state index in [9.17, 15) is 28.1 Å². The molecule has 1 aliphatic rings. The lowest BCUT2D eigenvalue weighted by molar-refractivity contribution is -0.385. The fraction of sp³-hybridized carbons (Fsp3) is 0.476. The molecule has 12 heteroatoms. The summed E-state index contributed by atoms with van der Waals surface area (Å²) in [6.45, 7) is 7.53. The van der Waals surface area contributed by atoms with E-state index in [2.05, 4.69) is 5.10 Å². The summed E-state index contributed by atoms with van der Waals surface area (Å²) in [4.78, 5) is 36.5. The van der Waals surface area contributed by atoms with Crippen molar-refractivity contribution in [3.63, 3.8) is 0 Å². The first-order chi connectivity index (χ1) is 15.4. The Kier molecular flexibility index (Phi) is 6.98. The lowest BCUT2D eigenvalue weighted by Gasteiger charge is -2.34. The molecule has 2 heterocycles. The van der Waals surface area contributed by atoms with E-state index in [1.807, 2.05) is 6.92 Å². The minimum absolute atomic E-state index is 0.0733. The topological polar surface area (TPSA) is 136 Å². The van der Waals surface area contributed by atoms with E-state index in [0.717, 1.165) is 6.07 Å². The molecule has 1 aliphatic heterocycles. The van der Waals surface area contributed by atoms with Crippen LogP contribution in [0.3, 0.4) is 0 Å². The second-order valence-corrected chi connectivity index (χ2v) is 10.1. The van der Waals surface area contributed by atoms with Gasteiger partial charge >= 0.3 is 0 Å². The summed E-state index contributed by atoms with van der Waals surface area (Å²) in [5.41, 5.74) is 1.61. The summed E-state index contributed by atoms with van der Waals surface area (Å²) >= 11 is 0. The maximum absolute atomic E-state index is 12.9. The van der Waals surface area contributed by atoms with Crippen LogP contribution in [0.5, 0.6) is 0 Å². The minimum atomic E-state index is -3.90. The van der Waals surface area contributed by atoms with Gasteiger partial charge in [0, 0.05) is 50.4 Å². The van der Waals surface area contributed by atoms with Crippen LogP contribution in [0.15, 0.2) is 29.2 Å².